The number of fused-ring (bicyclic) bond motifs is 1. The second kappa shape index (κ2) is 9.02. The molecule has 2 aliphatic rings. The van der Waals surface area contributed by atoms with E-state index in [9.17, 15) is 14.7 Å². The molecule has 1 heterocycles. The summed E-state index contributed by atoms with van der Waals surface area (Å²) in [5.41, 5.74) is 2.40. The Morgan fingerprint density at radius 2 is 1.88 bits per heavy atom. The van der Waals surface area contributed by atoms with Gasteiger partial charge in [0, 0.05) is 16.8 Å². The molecule has 0 aromatic rings. The van der Waals surface area contributed by atoms with Gasteiger partial charge in [-0.3, -0.25) is 9.59 Å². The molecule has 2 unspecified atom stereocenters. The molecule has 0 fully saturated rings. The minimum absolute atomic E-state index is 0.0457. The molecule has 1 aliphatic carbocycles. The highest BCUT2D eigenvalue weighted by atomic mass is 16.4. The third-order valence-electron chi connectivity index (χ3n) is 5.30. The Morgan fingerprint density at radius 3 is 2.56 bits per heavy atom. The van der Waals surface area contributed by atoms with Crippen molar-refractivity contribution in [2.45, 2.75) is 71.8 Å². The van der Waals surface area contributed by atoms with E-state index in [-0.39, 0.29) is 24.3 Å². The summed E-state index contributed by atoms with van der Waals surface area (Å²) in [6.07, 6.45) is 13.7. The van der Waals surface area contributed by atoms with Crippen molar-refractivity contribution in [1.29, 1.82) is 0 Å². The molecule has 1 aliphatic heterocycles. The van der Waals surface area contributed by atoms with Crippen molar-refractivity contribution >= 4 is 11.8 Å². The van der Waals surface area contributed by atoms with Crippen LogP contribution in [0.25, 0.3) is 0 Å². The van der Waals surface area contributed by atoms with Crippen LogP contribution in [0.4, 0.5) is 0 Å². The number of hydrogen-bond donors (Lipinski definition) is 1. The van der Waals surface area contributed by atoms with Gasteiger partial charge in [-0.05, 0) is 25.7 Å². The maximum Gasteiger partial charge on any atom is 0.323 e. The number of ketones is 1. The highest BCUT2D eigenvalue weighted by Crippen LogP contribution is 2.37. The van der Waals surface area contributed by atoms with Gasteiger partial charge in [0.05, 0.1) is 6.04 Å². The standard InChI is InChI=1S/C21H31NO3/c1-4-5-6-7-8-9-13-18-16(3)21(25)17-12-10-11-15(2)20(17)22(18)14-19(23)24/h10-12,15,20H,4-9,13-14H2,1-3H3,(H,23,24). The first kappa shape index (κ1) is 19.5. The normalized spacial score (nSPS) is 22.9. The molecule has 0 aromatic heterocycles. The molecule has 0 bridgehead atoms. The van der Waals surface area contributed by atoms with Gasteiger partial charge in [-0.1, -0.05) is 64.2 Å². The fraction of sp³-hybridized carbons (Fsp3) is 0.619. The maximum absolute atomic E-state index is 12.8. The zero-order valence-electron chi connectivity index (χ0n) is 15.8. The van der Waals surface area contributed by atoms with Crippen molar-refractivity contribution in [3.8, 4) is 0 Å². The summed E-state index contributed by atoms with van der Waals surface area (Å²) in [6.45, 7) is 6.06. The molecule has 25 heavy (non-hydrogen) atoms. The molecule has 4 nitrogen and oxygen atoms in total. The lowest BCUT2D eigenvalue weighted by Gasteiger charge is -2.43. The molecule has 0 aromatic carbocycles. The second-order valence-corrected chi connectivity index (χ2v) is 7.25. The third-order valence-corrected chi connectivity index (χ3v) is 5.30. The molecule has 0 spiro atoms. The molecule has 2 atom stereocenters. The fourth-order valence-corrected chi connectivity index (χ4v) is 3.96. The van der Waals surface area contributed by atoms with E-state index in [1.54, 1.807) is 0 Å². The van der Waals surface area contributed by atoms with E-state index < -0.39 is 5.97 Å². The summed E-state index contributed by atoms with van der Waals surface area (Å²) < 4.78 is 0. The number of nitrogens with zero attached hydrogens (tertiary/aromatic N) is 1. The van der Waals surface area contributed by atoms with Gasteiger partial charge in [0.2, 0.25) is 0 Å². The summed E-state index contributed by atoms with van der Waals surface area (Å²) in [5, 5.41) is 9.39. The third kappa shape index (κ3) is 4.62. The van der Waals surface area contributed by atoms with Crippen LogP contribution in [0.5, 0.6) is 0 Å². The number of Topliss-reactive ketones (excluding diaryl/α,β-unsaturated/α-hetero) is 1. The number of rotatable bonds is 9. The van der Waals surface area contributed by atoms with Gasteiger partial charge < -0.3 is 10.0 Å². The zero-order valence-corrected chi connectivity index (χ0v) is 15.8. The van der Waals surface area contributed by atoms with Crippen molar-refractivity contribution in [1.82, 2.24) is 4.90 Å². The van der Waals surface area contributed by atoms with Crippen LogP contribution >= 0.6 is 0 Å². The minimum Gasteiger partial charge on any atom is -0.480 e. The van der Waals surface area contributed by atoms with Gasteiger partial charge >= 0.3 is 5.97 Å². The van der Waals surface area contributed by atoms with E-state index in [1.165, 1.54) is 25.7 Å². The Kier molecular flexibility index (Phi) is 7.03. The number of unbranched alkanes of at least 4 members (excludes halogenated alkanes) is 5. The van der Waals surface area contributed by atoms with E-state index in [4.69, 9.17) is 0 Å². The summed E-state index contributed by atoms with van der Waals surface area (Å²) in [4.78, 5) is 26.2. The first-order valence-corrected chi connectivity index (χ1v) is 9.58. The molecule has 4 heteroatoms. The van der Waals surface area contributed by atoms with Gasteiger partial charge in [0.1, 0.15) is 6.54 Å². The lowest BCUT2D eigenvalue weighted by molar-refractivity contribution is -0.138. The van der Waals surface area contributed by atoms with Gasteiger partial charge in [-0.2, -0.15) is 0 Å². The van der Waals surface area contributed by atoms with Crippen LogP contribution in [-0.4, -0.2) is 34.3 Å². The second-order valence-electron chi connectivity index (χ2n) is 7.25. The molecule has 0 saturated heterocycles. The smallest absolute Gasteiger partial charge is 0.323 e. The Labute approximate surface area is 151 Å². The van der Waals surface area contributed by atoms with E-state index in [1.807, 2.05) is 24.0 Å². The molecule has 2 rings (SSSR count). The summed E-state index contributed by atoms with van der Waals surface area (Å²) in [7, 11) is 0. The number of carboxylic acid groups (broad SMARTS) is 1. The van der Waals surface area contributed by atoms with Gasteiger partial charge in [0.15, 0.2) is 5.78 Å². The monoisotopic (exact) mass is 345 g/mol. The fourth-order valence-electron chi connectivity index (χ4n) is 3.96. The van der Waals surface area contributed by atoms with Crippen LogP contribution in [0.3, 0.4) is 0 Å². The van der Waals surface area contributed by atoms with Crippen molar-refractivity contribution in [2.75, 3.05) is 6.54 Å². The highest BCUT2D eigenvalue weighted by molar-refractivity contribution is 6.10. The average Bonchev–Trinajstić information content (AvgIpc) is 2.57. The number of allylic oxidation sites excluding steroid dienone is 4. The van der Waals surface area contributed by atoms with Crippen molar-refractivity contribution in [2.24, 2.45) is 5.92 Å². The van der Waals surface area contributed by atoms with Crippen molar-refractivity contribution < 1.29 is 14.7 Å². The number of carbonyl (C=O) groups is 2. The summed E-state index contributed by atoms with van der Waals surface area (Å²) in [5.74, 6) is -0.622. The van der Waals surface area contributed by atoms with Crippen LogP contribution in [0, 0.1) is 5.92 Å². The minimum atomic E-state index is -0.844. The van der Waals surface area contributed by atoms with E-state index in [2.05, 4.69) is 19.9 Å². The lowest BCUT2D eigenvalue weighted by atomic mass is 9.80. The molecule has 0 radical (unpaired) electrons. The average molecular weight is 345 g/mol. The highest BCUT2D eigenvalue weighted by Gasteiger charge is 2.39. The SMILES string of the molecule is CCCCCCCCC1=C(C)C(=O)C2=CC=CC(C)C2N1CC(=O)O. The van der Waals surface area contributed by atoms with Crippen molar-refractivity contribution in [3.63, 3.8) is 0 Å². The number of carboxylic acids is 1. The Balaban J connectivity index is 2.17. The number of hydrogen-bond acceptors (Lipinski definition) is 3. The number of aliphatic carboxylic acids is 1. The molecular formula is C21H31NO3. The number of carbonyl (C=O) groups excluding carboxylic acids is 1. The topological polar surface area (TPSA) is 57.6 Å². The van der Waals surface area contributed by atoms with Crippen LogP contribution in [0.1, 0.15) is 65.7 Å². The summed E-state index contributed by atoms with van der Waals surface area (Å²) >= 11 is 0. The zero-order chi connectivity index (χ0) is 18.4. The quantitative estimate of drug-likeness (QED) is 0.626. The molecule has 1 N–H and O–H groups in total. The molecule has 0 amide bonds. The predicted octanol–water partition coefficient (Wildman–Crippen LogP) is 4.48. The van der Waals surface area contributed by atoms with E-state index in [0.717, 1.165) is 36.1 Å². The van der Waals surface area contributed by atoms with Gasteiger partial charge in [-0.15, -0.1) is 0 Å². The van der Waals surface area contributed by atoms with Crippen LogP contribution < -0.4 is 0 Å². The van der Waals surface area contributed by atoms with Crippen LogP contribution in [-0.2, 0) is 9.59 Å². The maximum atomic E-state index is 12.8. The first-order chi connectivity index (χ1) is 12.0. The molecule has 0 saturated carbocycles. The Morgan fingerprint density at radius 1 is 1.20 bits per heavy atom. The Hall–Kier alpha value is -1.84. The van der Waals surface area contributed by atoms with E-state index >= 15 is 0 Å². The van der Waals surface area contributed by atoms with Crippen molar-refractivity contribution in [3.05, 3.63) is 35.1 Å². The largest absolute Gasteiger partial charge is 0.480 e. The van der Waals surface area contributed by atoms with Crippen LogP contribution in [0.2, 0.25) is 0 Å². The van der Waals surface area contributed by atoms with Gasteiger partial charge in [0.25, 0.3) is 0 Å². The molecule has 138 valence electrons. The predicted molar refractivity (Wildman–Crippen MR) is 100 cm³/mol. The molecular weight excluding hydrogens is 314 g/mol. The van der Waals surface area contributed by atoms with Crippen LogP contribution in [0.15, 0.2) is 35.1 Å². The van der Waals surface area contributed by atoms with E-state index in [0.29, 0.717) is 0 Å². The lowest BCUT2D eigenvalue weighted by Crippen LogP contribution is -2.49. The first-order valence-electron chi connectivity index (χ1n) is 9.58. The van der Waals surface area contributed by atoms with Gasteiger partial charge in [-0.25, -0.2) is 0 Å². The summed E-state index contributed by atoms with van der Waals surface area (Å²) in [6, 6.07) is -0.146. The Bertz CT molecular complexity index is 600.